The Bertz CT molecular complexity index is 760. The van der Waals surface area contributed by atoms with Crippen LogP contribution >= 0.6 is 11.3 Å². The highest BCUT2D eigenvalue weighted by molar-refractivity contribution is 7.09. The number of aryl methyl sites for hydroxylation is 2. The molecule has 144 valence electrons. The number of piperidine rings is 1. The number of para-hydroxylation sites is 1. The maximum Gasteiger partial charge on any atom is 0.313 e. The Morgan fingerprint density at radius 1 is 1.07 bits per heavy atom. The van der Waals surface area contributed by atoms with Crippen molar-refractivity contribution in [2.75, 3.05) is 25.0 Å². The van der Waals surface area contributed by atoms with Crippen LogP contribution in [0.25, 0.3) is 0 Å². The van der Waals surface area contributed by atoms with Crippen LogP contribution in [0.1, 0.15) is 28.8 Å². The first-order chi connectivity index (χ1) is 13.0. The summed E-state index contributed by atoms with van der Waals surface area (Å²) < 4.78 is 0. The molecule has 0 unspecified atom stereocenters. The molecule has 2 amide bonds. The number of anilines is 1. The van der Waals surface area contributed by atoms with Crippen molar-refractivity contribution in [1.29, 1.82) is 0 Å². The number of rotatable bonds is 5. The van der Waals surface area contributed by atoms with E-state index in [4.69, 9.17) is 0 Å². The van der Waals surface area contributed by atoms with Crippen LogP contribution in [0.4, 0.5) is 5.69 Å². The molecule has 0 radical (unpaired) electrons. The van der Waals surface area contributed by atoms with Crippen molar-refractivity contribution in [3.8, 4) is 0 Å². The van der Waals surface area contributed by atoms with Gasteiger partial charge in [0.2, 0.25) is 0 Å². The lowest BCUT2D eigenvalue weighted by Crippen LogP contribution is -2.41. The third-order valence-electron chi connectivity index (χ3n) is 5.14. The van der Waals surface area contributed by atoms with E-state index in [1.54, 1.807) is 11.3 Å². The summed E-state index contributed by atoms with van der Waals surface area (Å²) >= 11 is 1.79. The van der Waals surface area contributed by atoms with Gasteiger partial charge < -0.3 is 10.6 Å². The van der Waals surface area contributed by atoms with Gasteiger partial charge in [-0.25, -0.2) is 0 Å². The average Bonchev–Trinajstić information content (AvgIpc) is 3.17. The summed E-state index contributed by atoms with van der Waals surface area (Å²) in [5.74, 6) is -0.720. The van der Waals surface area contributed by atoms with Crippen molar-refractivity contribution in [2.45, 2.75) is 33.2 Å². The first-order valence-electron chi connectivity index (χ1n) is 9.43. The summed E-state index contributed by atoms with van der Waals surface area (Å²) in [6.45, 7) is 7.48. The summed E-state index contributed by atoms with van der Waals surface area (Å²) in [6, 6.07) is 10.0. The maximum atomic E-state index is 12.2. The quantitative estimate of drug-likeness (QED) is 0.776. The number of thiophene rings is 1. The average molecular weight is 386 g/mol. The number of amides is 2. The number of hydrogen-bond donors (Lipinski definition) is 2. The first-order valence-corrected chi connectivity index (χ1v) is 10.3. The van der Waals surface area contributed by atoms with Crippen molar-refractivity contribution >= 4 is 28.8 Å². The van der Waals surface area contributed by atoms with Gasteiger partial charge in [0.25, 0.3) is 0 Å². The molecular weight excluding hydrogens is 358 g/mol. The minimum atomic E-state index is -0.595. The molecule has 5 nitrogen and oxygen atoms in total. The minimum Gasteiger partial charge on any atom is -0.348 e. The zero-order valence-corrected chi connectivity index (χ0v) is 16.8. The van der Waals surface area contributed by atoms with E-state index in [0.29, 0.717) is 12.5 Å². The molecule has 0 bridgehead atoms. The van der Waals surface area contributed by atoms with Gasteiger partial charge in [0, 0.05) is 23.7 Å². The van der Waals surface area contributed by atoms with Gasteiger partial charge in [-0.3, -0.25) is 14.5 Å². The van der Waals surface area contributed by atoms with Gasteiger partial charge in [-0.1, -0.05) is 24.3 Å². The van der Waals surface area contributed by atoms with Crippen LogP contribution in [0.2, 0.25) is 0 Å². The van der Waals surface area contributed by atoms with E-state index in [1.807, 2.05) is 32.0 Å². The molecule has 3 rings (SSSR count). The molecule has 1 aliphatic heterocycles. The number of carbonyl (C=O) groups is 2. The molecule has 1 saturated heterocycles. The van der Waals surface area contributed by atoms with Crippen LogP contribution in [0.15, 0.2) is 35.7 Å². The van der Waals surface area contributed by atoms with Crippen LogP contribution in [0.5, 0.6) is 0 Å². The minimum absolute atomic E-state index is 0.432. The third-order valence-corrected chi connectivity index (χ3v) is 6.01. The van der Waals surface area contributed by atoms with Crippen LogP contribution in [-0.2, 0) is 16.1 Å². The summed E-state index contributed by atoms with van der Waals surface area (Å²) in [7, 11) is 0. The van der Waals surface area contributed by atoms with E-state index in [-0.39, 0.29) is 0 Å². The van der Waals surface area contributed by atoms with Crippen LogP contribution in [0.3, 0.4) is 0 Å². The van der Waals surface area contributed by atoms with Gasteiger partial charge in [-0.05, 0) is 68.3 Å². The molecule has 1 aromatic heterocycles. The van der Waals surface area contributed by atoms with Crippen molar-refractivity contribution in [3.05, 3.63) is 51.7 Å². The van der Waals surface area contributed by atoms with Crippen molar-refractivity contribution in [3.63, 3.8) is 0 Å². The van der Waals surface area contributed by atoms with Crippen molar-refractivity contribution < 1.29 is 9.59 Å². The molecule has 0 spiro atoms. The van der Waals surface area contributed by atoms with Gasteiger partial charge in [-0.2, -0.15) is 0 Å². The number of carbonyl (C=O) groups excluding carboxylic acids is 2. The molecule has 2 N–H and O–H groups in total. The number of hydrogen-bond acceptors (Lipinski definition) is 4. The molecule has 0 saturated carbocycles. The lowest BCUT2D eigenvalue weighted by atomic mass is 9.96. The Kier molecular flexibility index (Phi) is 6.63. The predicted molar refractivity (Wildman–Crippen MR) is 110 cm³/mol. The maximum absolute atomic E-state index is 12.2. The topological polar surface area (TPSA) is 61.4 Å². The Hall–Kier alpha value is -2.18. The van der Waals surface area contributed by atoms with E-state index >= 15 is 0 Å². The monoisotopic (exact) mass is 385 g/mol. The molecule has 2 aromatic rings. The molecule has 2 heterocycles. The highest BCUT2D eigenvalue weighted by Gasteiger charge is 2.22. The van der Waals surface area contributed by atoms with E-state index < -0.39 is 11.8 Å². The fourth-order valence-electron chi connectivity index (χ4n) is 3.47. The van der Waals surface area contributed by atoms with Crippen molar-refractivity contribution in [1.82, 2.24) is 10.2 Å². The molecule has 0 atom stereocenters. The molecule has 27 heavy (non-hydrogen) atoms. The number of benzene rings is 1. The summed E-state index contributed by atoms with van der Waals surface area (Å²) in [5.41, 5.74) is 2.63. The van der Waals surface area contributed by atoms with E-state index in [2.05, 4.69) is 33.0 Å². The van der Waals surface area contributed by atoms with E-state index in [9.17, 15) is 9.59 Å². The molecule has 1 aliphatic rings. The van der Waals surface area contributed by atoms with E-state index in [1.165, 1.54) is 4.88 Å². The largest absolute Gasteiger partial charge is 0.348 e. The molecule has 1 fully saturated rings. The number of nitrogens with one attached hydrogen (secondary N) is 2. The number of nitrogens with zero attached hydrogens (tertiary/aromatic N) is 1. The number of likely N-dealkylation sites (tertiary alicyclic amines) is 1. The predicted octanol–water partition coefficient (Wildman–Crippen LogP) is 3.33. The fraction of sp³-hybridized carbons (Fsp3) is 0.429. The van der Waals surface area contributed by atoms with Crippen LogP contribution in [-0.4, -0.2) is 36.3 Å². The van der Waals surface area contributed by atoms with E-state index in [0.717, 1.165) is 49.3 Å². The van der Waals surface area contributed by atoms with Gasteiger partial charge in [0.1, 0.15) is 0 Å². The molecular formula is C21H27N3O2S. The lowest BCUT2D eigenvalue weighted by Gasteiger charge is -2.31. The smallest absolute Gasteiger partial charge is 0.313 e. The highest BCUT2D eigenvalue weighted by atomic mass is 32.1. The Labute approximate surface area is 164 Å². The Morgan fingerprint density at radius 3 is 2.41 bits per heavy atom. The first kappa shape index (κ1) is 19.6. The SMILES string of the molecule is Cc1cccc(C)c1NC(=O)C(=O)NCC1CCN(Cc2cccs2)CC1. The zero-order chi connectivity index (χ0) is 19.2. The molecule has 1 aromatic carbocycles. The van der Waals surface area contributed by atoms with Gasteiger partial charge in [0.15, 0.2) is 0 Å². The second kappa shape index (κ2) is 9.15. The van der Waals surface area contributed by atoms with Gasteiger partial charge >= 0.3 is 11.8 Å². The Balaban J connectivity index is 1.41. The van der Waals surface area contributed by atoms with Gasteiger partial charge in [0.05, 0.1) is 0 Å². The lowest BCUT2D eigenvalue weighted by molar-refractivity contribution is -0.136. The van der Waals surface area contributed by atoms with Gasteiger partial charge in [-0.15, -0.1) is 11.3 Å². The zero-order valence-electron chi connectivity index (χ0n) is 16.0. The molecule has 0 aliphatic carbocycles. The summed E-state index contributed by atoms with van der Waals surface area (Å²) in [6.07, 6.45) is 2.09. The standard InChI is InChI=1S/C21H27N3O2S/c1-15-5-3-6-16(2)19(15)23-21(26)20(25)22-13-17-8-10-24(11-9-17)14-18-7-4-12-27-18/h3-7,12,17H,8-11,13-14H2,1-2H3,(H,22,25)(H,23,26). The van der Waals surface area contributed by atoms with Crippen LogP contribution < -0.4 is 10.6 Å². The summed E-state index contributed by atoms with van der Waals surface area (Å²) in [4.78, 5) is 28.2. The van der Waals surface area contributed by atoms with Crippen LogP contribution in [0, 0.1) is 19.8 Å². The molecule has 6 heteroatoms. The fourth-order valence-corrected chi connectivity index (χ4v) is 4.22. The van der Waals surface area contributed by atoms with Crippen molar-refractivity contribution in [2.24, 2.45) is 5.92 Å². The Morgan fingerprint density at radius 2 is 1.78 bits per heavy atom. The highest BCUT2D eigenvalue weighted by Crippen LogP contribution is 2.21. The second-order valence-electron chi connectivity index (χ2n) is 7.23. The summed E-state index contributed by atoms with van der Waals surface area (Å²) in [5, 5.41) is 7.66. The third kappa shape index (κ3) is 5.40. The second-order valence-corrected chi connectivity index (χ2v) is 8.26. The normalized spacial score (nSPS) is 15.5.